The molecule has 1 N–H and O–H groups in total. The van der Waals surface area contributed by atoms with E-state index in [4.69, 9.17) is 9.47 Å². The summed E-state index contributed by atoms with van der Waals surface area (Å²) in [6.07, 6.45) is 0.998. The fourth-order valence-corrected chi connectivity index (χ4v) is 3.88. The highest BCUT2D eigenvalue weighted by Crippen LogP contribution is 2.37. The van der Waals surface area contributed by atoms with Crippen molar-refractivity contribution in [1.82, 2.24) is 10.2 Å². The number of halogens is 1. The van der Waals surface area contributed by atoms with Gasteiger partial charge in [0.05, 0.1) is 13.2 Å². The first-order chi connectivity index (χ1) is 13.2. The lowest BCUT2D eigenvalue weighted by Gasteiger charge is -2.29. The molecule has 0 saturated carbocycles. The van der Waals surface area contributed by atoms with Crippen LogP contribution in [0.5, 0.6) is 11.5 Å². The van der Waals surface area contributed by atoms with Crippen molar-refractivity contribution in [3.63, 3.8) is 0 Å². The van der Waals surface area contributed by atoms with Gasteiger partial charge in [0.25, 0.3) is 0 Å². The lowest BCUT2D eigenvalue weighted by Crippen LogP contribution is -2.31. The van der Waals surface area contributed by atoms with Crippen LogP contribution in [-0.2, 0) is 6.42 Å². The molecule has 3 rings (SSSR count). The molecule has 1 aliphatic rings. The van der Waals surface area contributed by atoms with Crippen LogP contribution < -0.4 is 14.8 Å². The highest BCUT2D eigenvalue weighted by Gasteiger charge is 2.24. The van der Waals surface area contributed by atoms with Crippen LogP contribution in [0.15, 0.2) is 40.9 Å². The van der Waals surface area contributed by atoms with Gasteiger partial charge in [-0.3, -0.25) is 0 Å². The summed E-state index contributed by atoms with van der Waals surface area (Å²) < 4.78 is 12.8. The molecule has 0 saturated heterocycles. The number of hydrogen-bond acceptors (Lipinski definition) is 4. The van der Waals surface area contributed by atoms with Gasteiger partial charge in [-0.25, -0.2) is 0 Å². The molecule has 146 valence electrons. The Morgan fingerprint density at radius 3 is 2.52 bits per heavy atom. The Bertz CT molecular complexity index is 745. The number of benzene rings is 2. The van der Waals surface area contributed by atoms with Gasteiger partial charge in [-0.15, -0.1) is 0 Å². The molecule has 27 heavy (non-hydrogen) atoms. The largest absolute Gasteiger partial charge is 0.493 e. The lowest BCUT2D eigenvalue weighted by atomic mass is 9.89. The van der Waals surface area contributed by atoms with Crippen LogP contribution >= 0.6 is 15.9 Å². The van der Waals surface area contributed by atoms with Crippen molar-refractivity contribution < 1.29 is 9.47 Å². The van der Waals surface area contributed by atoms with Gasteiger partial charge in [0.2, 0.25) is 0 Å². The van der Waals surface area contributed by atoms with E-state index in [1.165, 1.54) is 16.7 Å². The Balaban J connectivity index is 1.85. The first-order valence-corrected chi connectivity index (χ1v) is 10.5. The Morgan fingerprint density at radius 1 is 1.11 bits per heavy atom. The molecular formula is C22H29BrN2O2. The van der Waals surface area contributed by atoms with E-state index >= 15 is 0 Å². The van der Waals surface area contributed by atoms with Crippen LogP contribution in [-0.4, -0.2) is 44.8 Å². The number of rotatable bonds is 8. The van der Waals surface area contributed by atoms with E-state index in [9.17, 15) is 0 Å². The molecule has 4 nitrogen and oxygen atoms in total. The van der Waals surface area contributed by atoms with Gasteiger partial charge >= 0.3 is 0 Å². The second-order valence-electron chi connectivity index (χ2n) is 6.77. The predicted octanol–water partition coefficient (Wildman–Crippen LogP) is 4.41. The molecule has 1 atom stereocenters. The zero-order valence-corrected chi connectivity index (χ0v) is 18.0. The van der Waals surface area contributed by atoms with Gasteiger partial charge in [0.1, 0.15) is 6.61 Å². The van der Waals surface area contributed by atoms with Crippen LogP contribution in [0.25, 0.3) is 0 Å². The van der Waals surface area contributed by atoms with E-state index in [2.05, 4.69) is 76.4 Å². The molecule has 2 aromatic carbocycles. The number of methoxy groups -OCH3 is 1. The summed E-state index contributed by atoms with van der Waals surface area (Å²) in [5.74, 6) is 1.65. The topological polar surface area (TPSA) is 33.7 Å². The van der Waals surface area contributed by atoms with Crippen molar-refractivity contribution in [2.24, 2.45) is 0 Å². The maximum absolute atomic E-state index is 6.13. The van der Waals surface area contributed by atoms with Crippen molar-refractivity contribution in [3.8, 4) is 11.5 Å². The normalized spacial score (nSPS) is 16.3. The summed E-state index contributed by atoms with van der Waals surface area (Å²) in [7, 11) is 1.71. The highest BCUT2D eigenvalue weighted by molar-refractivity contribution is 9.10. The van der Waals surface area contributed by atoms with Gasteiger partial charge in [-0.1, -0.05) is 41.9 Å². The quantitative estimate of drug-likeness (QED) is 0.669. The van der Waals surface area contributed by atoms with Crippen LogP contribution in [0.4, 0.5) is 0 Å². The summed E-state index contributed by atoms with van der Waals surface area (Å²) in [6.45, 7) is 8.97. The van der Waals surface area contributed by atoms with Gasteiger partial charge in [0, 0.05) is 17.6 Å². The van der Waals surface area contributed by atoms with Gasteiger partial charge < -0.3 is 19.7 Å². The Morgan fingerprint density at radius 2 is 1.85 bits per heavy atom. The average Bonchev–Trinajstić information content (AvgIpc) is 2.71. The maximum atomic E-state index is 6.13. The van der Waals surface area contributed by atoms with Crippen molar-refractivity contribution >= 4 is 15.9 Å². The maximum Gasteiger partial charge on any atom is 0.161 e. The summed E-state index contributed by atoms with van der Waals surface area (Å²) in [5, 5.41) is 3.65. The fourth-order valence-electron chi connectivity index (χ4n) is 3.61. The average molecular weight is 433 g/mol. The molecule has 0 radical (unpaired) electrons. The molecule has 0 amide bonds. The van der Waals surface area contributed by atoms with Crippen molar-refractivity contribution in [2.75, 3.05) is 39.9 Å². The molecular weight excluding hydrogens is 404 g/mol. The fraction of sp³-hybridized carbons (Fsp3) is 0.455. The van der Waals surface area contributed by atoms with Crippen LogP contribution in [0.1, 0.15) is 36.6 Å². The van der Waals surface area contributed by atoms with E-state index in [0.29, 0.717) is 6.61 Å². The van der Waals surface area contributed by atoms with Gasteiger partial charge in [-0.05, 0) is 60.5 Å². The number of ether oxygens (including phenoxy) is 2. The highest BCUT2D eigenvalue weighted by atomic mass is 79.9. The van der Waals surface area contributed by atoms with Crippen molar-refractivity contribution in [1.29, 1.82) is 0 Å². The van der Waals surface area contributed by atoms with Gasteiger partial charge in [-0.2, -0.15) is 0 Å². The minimum atomic E-state index is 0.179. The monoisotopic (exact) mass is 432 g/mol. The summed E-state index contributed by atoms with van der Waals surface area (Å²) in [5.41, 5.74) is 3.87. The van der Waals surface area contributed by atoms with Crippen LogP contribution in [0.3, 0.4) is 0 Å². The predicted molar refractivity (Wildman–Crippen MR) is 114 cm³/mol. The Kier molecular flexibility index (Phi) is 7.16. The van der Waals surface area contributed by atoms with E-state index in [1.807, 2.05) is 0 Å². The zero-order chi connectivity index (χ0) is 19.2. The van der Waals surface area contributed by atoms with E-state index in [-0.39, 0.29) is 6.04 Å². The second kappa shape index (κ2) is 9.58. The third kappa shape index (κ3) is 4.84. The molecule has 2 aromatic rings. The number of nitrogens with zero attached hydrogens (tertiary/aromatic N) is 1. The van der Waals surface area contributed by atoms with Crippen molar-refractivity contribution in [2.45, 2.75) is 26.3 Å². The second-order valence-corrected chi connectivity index (χ2v) is 7.68. The molecule has 1 unspecified atom stereocenters. The Labute approximate surface area is 171 Å². The number of hydrogen-bond donors (Lipinski definition) is 1. The first kappa shape index (κ1) is 20.2. The lowest BCUT2D eigenvalue weighted by molar-refractivity contribution is 0.217. The molecule has 1 heterocycles. The van der Waals surface area contributed by atoms with E-state index in [0.717, 1.165) is 48.6 Å². The van der Waals surface area contributed by atoms with Gasteiger partial charge in [0.15, 0.2) is 11.5 Å². The summed E-state index contributed by atoms with van der Waals surface area (Å²) >= 11 is 3.52. The smallest absolute Gasteiger partial charge is 0.161 e. The number of nitrogens with one attached hydrogen (secondary N) is 1. The number of likely N-dealkylation sites (N-methyl/N-ethyl adjacent to an activating group) is 1. The molecule has 1 aliphatic heterocycles. The molecule has 0 aromatic heterocycles. The van der Waals surface area contributed by atoms with Crippen molar-refractivity contribution in [3.05, 3.63) is 57.6 Å². The molecule has 0 bridgehead atoms. The van der Waals surface area contributed by atoms with E-state index in [1.54, 1.807) is 7.11 Å². The first-order valence-electron chi connectivity index (χ1n) is 9.71. The molecule has 0 spiro atoms. The summed E-state index contributed by atoms with van der Waals surface area (Å²) in [6, 6.07) is 13.0. The third-order valence-electron chi connectivity index (χ3n) is 5.24. The molecule has 0 aliphatic carbocycles. The van der Waals surface area contributed by atoms with Crippen LogP contribution in [0.2, 0.25) is 0 Å². The molecule has 5 heteroatoms. The minimum absolute atomic E-state index is 0.179. The Hall–Kier alpha value is -1.56. The molecule has 0 fully saturated rings. The zero-order valence-electron chi connectivity index (χ0n) is 16.4. The number of fused-ring (bicyclic) bond motifs is 1. The summed E-state index contributed by atoms with van der Waals surface area (Å²) in [4.78, 5) is 2.36. The third-order valence-corrected chi connectivity index (χ3v) is 5.77. The van der Waals surface area contributed by atoms with Crippen LogP contribution in [0, 0.1) is 0 Å². The minimum Gasteiger partial charge on any atom is -0.493 e. The van der Waals surface area contributed by atoms with E-state index < -0.39 is 0 Å². The standard InChI is InChI=1S/C22H29BrN2O2/c1-4-25(5-2)12-13-27-21-15-19-17(14-20(21)26-3)10-11-24-22(19)16-6-8-18(23)9-7-16/h6-9,14-15,22,24H,4-5,10-13H2,1-3H3. The SMILES string of the molecule is CCN(CC)CCOc1cc2c(cc1OC)CCNC2c1ccc(Br)cc1.